The van der Waals surface area contributed by atoms with E-state index in [0.29, 0.717) is 23.4 Å². The molecule has 0 heterocycles. The molecule has 0 aromatic heterocycles. The molecule has 144 valence electrons. The lowest BCUT2D eigenvalue weighted by Gasteiger charge is -2.28. The van der Waals surface area contributed by atoms with Crippen LogP contribution in [0.3, 0.4) is 0 Å². The highest BCUT2D eigenvalue weighted by Gasteiger charge is 2.53. The molecule has 0 aliphatic heterocycles. The molecular formula is C21H24ClNO3S. The maximum Gasteiger partial charge on any atom is 0.242 e. The minimum atomic E-state index is -3.81. The van der Waals surface area contributed by atoms with Gasteiger partial charge in [0.1, 0.15) is 0 Å². The second-order valence-corrected chi connectivity index (χ2v) is 9.88. The van der Waals surface area contributed by atoms with Crippen LogP contribution < -0.4 is 5.32 Å². The van der Waals surface area contributed by atoms with Gasteiger partial charge >= 0.3 is 0 Å². The fraction of sp³-hybridized carbons (Fsp3) is 0.381. The number of amides is 1. The molecule has 1 amide bonds. The third-order valence-corrected chi connectivity index (χ3v) is 8.38. The molecule has 1 aliphatic rings. The Balaban J connectivity index is 1.94. The van der Waals surface area contributed by atoms with Gasteiger partial charge in [-0.1, -0.05) is 54.8 Å². The van der Waals surface area contributed by atoms with Gasteiger partial charge in [0.2, 0.25) is 5.91 Å². The molecule has 1 fully saturated rings. The molecule has 0 saturated heterocycles. The van der Waals surface area contributed by atoms with Crippen LogP contribution in [-0.4, -0.2) is 19.1 Å². The summed E-state index contributed by atoms with van der Waals surface area (Å²) >= 11 is 6.16. The summed E-state index contributed by atoms with van der Waals surface area (Å²) in [6.07, 6.45) is 2.14. The summed E-state index contributed by atoms with van der Waals surface area (Å²) in [6, 6.07) is 12.6. The summed E-state index contributed by atoms with van der Waals surface area (Å²) in [5, 5.41) is 3.38. The first-order chi connectivity index (χ1) is 12.8. The van der Waals surface area contributed by atoms with Crippen molar-refractivity contribution in [3.8, 4) is 0 Å². The summed E-state index contributed by atoms with van der Waals surface area (Å²) in [5.74, 6) is -0.430. The lowest BCUT2D eigenvalue weighted by atomic mass is 10.1. The first-order valence-corrected chi connectivity index (χ1v) is 11.0. The van der Waals surface area contributed by atoms with E-state index in [-0.39, 0.29) is 11.4 Å². The lowest BCUT2D eigenvalue weighted by Crippen LogP contribution is -2.50. The van der Waals surface area contributed by atoms with Crippen molar-refractivity contribution in [1.29, 1.82) is 0 Å². The minimum Gasteiger partial charge on any atom is -0.351 e. The normalized spacial score (nSPS) is 16.3. The van der Waals surface area contributed by atoms with E-state index < -0.39 is 20.5 Å². The molecule has 3 rings (SSSR count). The van der Waals surface area contributed by atoms with E-state index in [1.54, 1.807) is 25.1 Å². The standard InChI is InChI=1S/C21H24ClNO3S/c1-15-9-10-16(2)19(13-15)27(25,26)21(11-5-6-12-21)20(24)23-14-17-7-3-4-8-18(17)22/h3-4,7-10,13H,5-6,11-12,14H2,1-2H3,(H,23,24). The fourth-order valence-corrected chi connectivity index (χ4v) is 6.35. The van der Waals surface area contributed by atoms with Gasteiger partial charge in [-0.15, -0.1) is 0 Å². The Morgan fingerprint density at radius 3 is 2.44 bits per heavy atom. The Morgan fingerprint density at radius 1 is 1.11 bits per heavy atom. The van der Waals surface area contributed by atoms with E-state index in [4.69, 9.17) is 11.6 Å². The molecule has 27 heavy (non-hydrogen) atoms. The Hall–Kier alpha value is -1.85. The van der Waals surface area contributed by atoms with Crippen LogP contribution in [0.2, 0.25) is 5.02 Å². The lowest BCUT2D eigenvalue weighted by molar-refractivity contribution is -0.123. The SMILES string of the molecule is Cc1ccc(C)c(S(=O)(=O)C2(C(=O)NCc3ccccc3Cl)CCCC2)c1. The van der Waals surface area contributed by atoms with Crippen molar-refractivity contribution in [1.82, 2.24) is 5.32 Å². The highest BCUT2D eigenvalue weighted by Crippen LogP contribution is 2.41. The first kappa shape index (κ1) is 19.9. The quantitative estimate of drug-likeness (QED) is 0.803. The number of aryl methyl sites for hydroxylation is 2. The fourth-order valence-electron chi connectivity index (χ4n) is 3.75. The van der Waals surface area contributed by atoms with Crippen molar-refractivity contribution in [2.24, 2.45) is 0 Å². The molecule has 0 radical (unpaired) electrons. The number of hydrogen-bond acceptors (Lipinski definition) is 3. The van der Waals surface area contributed by atoms with Gasteiger partial charge in [-0.2, -0.15) is 0 Å². The van der Waals surface area contributed by atoms with Crippen LogP contribution in [-0.2, 0) is 21.2 Å². The van der Waals surface area contributed by atoms with E-state index in [1.165, 1.54) is 0 Å². The van der Waals surface area contributed by atoms with Gasteiger partial charge < -0.3 is 5.32 Å². The molecule has 0 atom stereocenters. The van der Waals surface area contributed by atoms with E-state index in [2.05, 4.69) is 5.32 Å². The Kier molecular flexibility index (Phi) is 5.63. The van der Waals surface area contributed by atoms with Crippen LogP contribution in [0.15, 0.2) is 47.4 Å². The maximum atomic E-state index is 13.6. The highest BCUT2D eigenvalue weighted by molar-refractivity contribution is 7.93. The summed E-state index contributed by atoms with van der Waals surface area (Å²) in [7, 11) is -3.81. The first-order valence-electron chi connectivity index (χ1n) is 9.11. The van der Waals surface area contributed by atoms with Crippen LogP contribution in [0.25, 0.3) is 0 Å². The zero-order valence-corrected chi connectivity index (χ0v) is 17.2. The van der Waals surface area contributed by atoms with Gasteiger partial charge in [0.15, 0.2) is 14.6 Å². The molecule has 2 aromatic rings. The summed E-state index contributed by atoms with van der Waals surface area (Å²) in [5.41, 5.74) is 2.30. The van der Waals surface area contributed by atoms with Crippen molar-refractivity contribution in [3.05, 3.63) is 64.2 Å². The monoisotopic (exact) mass is 405 g/mol. The number of hydrogen-bond donors (Lipinski definition) is 1. The van der Waals surface area contributed by atoms with Crippen LogP contribution in [0.1, 0.15) is 42.4 Å². The van der Waals surface area contributed by atoms with E-state index in [1.807, 2.05) is 31.2 Å². The van der Waals surface area contributed by atoms with Gasteiger partial charge in [-0.3, -0.25) is 4.79 Å². The molecule has 0 unspecified atom stereocenters. The van der Waals surface area contributed by atoms with Gasteiger partial charge in [0, 0.05) is 11.6 Å². The third kappa shape index (κ3) is 3.63. The van der Waals surface area contributed by atoms with Gasteiger partial charge in [-0.05, 0) is 55.5 Å². The van der Waals surface area contributed by atoms with Crippen molar-refractivity contribution in [2.75, 3.05) is 0 Å². The predicted octanol–water partition coefficient (Wildman–Crippen LogP) is 4.36. The molecular weight excluding hydrogens is 382 g/mol. The van der Waals surface area contributed by atoms with Crippen molar-refractivity contribution in [2.45, 2.75) is 55.7 Å². The number of sulfone groups is 1. The largest absolute Gasteiger partial charge is 0.351 e. The molecule has 0 spiro atoms. The van der Waals surface area contributed by atoms with Crippen molar-refractivity contribution >= 4 is 27.3 Å². The second kappa shape index (κ2) is 7.64. The molecule has 0 bridgehead atoms. The smallest absolute Gasteiger partial charge is 0.242 e. The number of carbonyl (C=O) groups is 1. The topological polar surface area (TPSA) is 63.2 Å². The van der Waals surface area contributed by atoms with E-state index in [9.17, 15) is 13.2 Å². The van der Waals surface area contributed by atoms with E-state index in [0.717, 1.165) is 24.0 Å². The number of carbonyl (C=O) groups excluding carboxylic acids is 1. The predicted molar refractivity (Wildman–Crippen MR) is 108 cm³/mol. The molecule has 1 saturated carbocycles. The summed E-state index contributed by atoms with van der Waals surface area (Å²) < 4.78 is 25.7. The molecule has 6 heteroatoms. The Morgan fingerprint density at radius 2 is 1.78 bits per heavy atom. The highest BCUT2D eigenvalue weighted by atomic mass is 35.5. The molecule has 1 aliphatic carbocycles. The van der Waals surface area contributed by atoms with Gasteiger partial charge in [0.25, 0.3) is 0 Å². The zero-order chi connectivity index (χ0) is 19.7. The Labute approximate surface area is 165 Å². The molecule has 4 nitrogen and oxygen atoms in total. The van der Waals surface area contributed by atoms with Gasteiger partial charge in [0.05, 0.1) is 4.90 Å². The van der Waals surface area contributed by atoms with Crippen LogP contribution in [0, 0.1) is 13.8 Å². The number of rotatable bonds is 5. The number of halogens is 1. The zero-order valence-electron chi connectivity index (χ0n) is 15.6. The molecule has 1 N–H and O–H groups in total. The third-order valence-electron chi connectivity index (χ3n) is 5.37. The summed E-state index contributed by atoms with van der Waals surface area (Å²) in [4.78, 5) is 13.4. The average molecular weight is 406 g/mol. The average Bonchev–Trinajstić information content (AvgIpc) is 3.14. The van der Waals surface area contributed by atoms with Gasteiger partial charge in [-0.25, -0.2) is 8.42 Å². The van der Waals surface area contributed by atoms with E-state index >= 15 is 0 Å². The van der Waals surface area contributed by atoms with Crippen LogP contribution in [0.5, 0.6) is 0 Å². The van der Waals surface area contributed by atoms with Crippen molar-refractivity contribution in [3.63, 3.8) is 0 Å². The van der Waals surface area contributed by atoms with Crippen LogP contribution >= 0.6 is 11.6 Å². The van der Waals surface area contributed by atoms with Crippen LogP contribution in [0.4, 0.5) is 0 Å². The van der Waals surface area contributed by atoms with Crippen molar-refractivity contribution < 1.29 is 13.2 Å². The number of benzene rings is 2. The minimum absolute atomic E-state index is 0.211. The molecule has 2 aromatic carbocycles. The second-order valence-electron chi connectivity index (χ2n) is 7.25. The number of nitrogens with one attached hydrogen (secondary N) is 1. The summed E-state index contributed by atoms with van der Waals surface area (Å²) in [6.45, 7) is 3.84. The maximum absolute atomic E-state index is 13.6. The Bertz CT molecular complexity index is 963.